The molecule has 2 aliphatic rings. The topological polar surface area (TPSA) is 78.6 Å². The second-order valence-electron chi connectivity index (χ2n) is 8.24. The molecule has 2 bridgehead atoms. The third-order valence-corrected chi connectivity index (χ3v) is 6.29. The molecule has 29 heavy (non-hydrogen) atoms. The number of piperidine rings is 1. The summed E-state index contributed by atoms with van der Waals surface area (Å²) in [5, 5.41) is 11.7. The average Bonchev–Trinajstić information content (AvgIpc) is 3.20. The van der Waals surface area contributed by atoms with Gasteiger partial charge < -0.3 is 14.8 Å². The summed E-state index contributed by atoms with van der Waals surface area (Å²) in [5.74, 6) is 0.741. The molecule has 3 heterocycles. The molecule has 2 aromatic carbocycles. The van der Waals surface area contributed by atoms with Gasteiger partial charge >= 0.3 is 6.09 Å². The quantitative estimate of drug-likeness (QED) is 0.682. The molecule has 0 aliphatic carbocycles. The van der Waals surface area contributed by atoms with Crippen LogP contribution in [0.3, 0.4) is 0 Å². The first-order chi connectivity index (χ1) is 14.1. The maximum absolute atomic E-state index is 11.0. The van der Waals surface area contributed by atoms with E-state index in [1.54, 1.807) is 0 Å². The number of oxazole rings is 1. The molecule has 0 spiro atoms. The highest BCUT2D eigenvalue weighted by Gasteiger charge is 2.40. The van der Waals surface area contributed by atoms with Gasteiger partial charge in [-0.3, -0.25) is 4.90 Å². The number of benzene rings is 2. The highest BCUT2D eigenvalue weighted by molar-refractivity contribution is 5.72. The minimum absolute atomic E-state index is 0.0972. The summed E-state index contributed by atoms with van der Waals surface area (Å²) >= 11 is 0. The minimum Gasteiger partial charge on any atom is -0.465 e. The van der Waals surface area contributed by atoms with E-state index in [1.807, 2.05) is 24.3 Å². The Bertz CT molecular complexity index is 967. The van der Waals surface area contributed by atoms with Crippen LogP contribution in [0.15, 0.2) is 52.9 Å². The van der Waals surface area contributed by atoms with E-state index in [4.69, 9.17) is 9.52 Å². The van der Waals surface area contributed by atoms with Gasteiger partial charge in [-0.2, -0.15) is 0 Å². The summed E-state index contributed by atoms with van der Waals surface area (Å²) in [5.41, 5.74) is 4.21. The van der Waals surface area contributed by atoms with Crippen LogP contribution in [0, 0.1) is 0 Å². The van der Waals surface area contributed by atoms with E-state index in [2.05, 4.69) is 39.5 Å². The minimum atomic E-state index is -0.905. The summed E-state index contributed by atoms with van der Waals surface area (Å²) in [7, 11) is 0. The van der Waals surface area contributed by atoms with Gasteiger partial charge in [0, 0.05) is 31.1 Å². The molecule has 6 nitrogen and oxygen atoms in total. The lowest BCUT2D eigenvalue weighted by Crippen LogP contribution is -2.49. The van der Waals surface area contributed by atoms with E-state index in [-0.39, 0.29) is 6.04 Å². The summed E-state index contributed by atoms with van der Waals surface area (Å²) in [6.45, 7) is 0.929. The number of aromatic nitrogens is 1. The molecule has 2 N–H and O–H groups in total. The Hall–Kier alpha value is -2.86. The lowest BCUT2D eigenvalue weighted by molar-refractivity contribution is 0.106. The number of hydrogen-bond acceptors (Lipinski definition) is 4. The van der Waals surface area contributed by atoms with E-state index in [0.29, 0.717) is 18.5 Å². The van der Waals surface area contributed by atoms with Crippen molar-refractivity contribution in [2.75, 3.05) is 0 Å². The van der Waals surface area contributed by atoms with Gasteiger partial charge in [0.25, 0.3) is 0 Å². The maximum Gasteiger partial charge on any atom is 0.404 e. The Labute approximate surface area is 169 Å². The smallest absolute Gasteiger partial charge is 0.404 e. The van der Waals surface area contributed by atoms with E-state index in [9.17, 15) is 4.79 Å². The molecule has 1 aromatic heterocycles. The summed E-state index contributed by atoms with van der Waals surface area (Å²) in [6.07, 6.45) is 3.94. The van der Waals surface area contributed by atoms with Crippen molar-refractivity contribution < 1.29 is 14.3 Å². The van der Waals surface area contributed by atoms with Crippen molar-refractivity contribution in [3.63, 3.8) is 0 Å². The molecular formula is C23H25N3O3. The van der Waals surface area contributed by atoms with Gasteiger partial charge in [-0.25, -0.2) is 9.78 Å². The lowest BCUT2D eigenvalue weighted by Gasteiger charge is -2.38. The van der Waals surface area contributed by atoms with Crippen LogP contribution in [0.2, 0.25) is 0 Å². The number of carboxylic acid groups (broad SMARTS) is 1. The van der Waals surface area contributed by atoms with Gasteiger partial charge in [0.05, 0.1) is 0 Å². The van der Waals surface area contributed by atoms with E-state index in [1.165, 1.54) is 11.1 Å². The van der Waals surface area contributed by atoms with Crippen molar-refractivity contribution in [2.24, 2.45) is 0 Å². The van der Waals surface area contributed by atoms with Crippen LogP contribution in [-0.4, -0.2) is 39.2 Å². The van der Waals surface area contributed by atoms with Crippen LogP contribution in [0.5, 0.6) is 0 Å². The van der Waals surface area contributed by atoms with Gasteiger partial charge in [0.15, 0.2) is 11.5 Å². The van der Waals surface area contributed by atoms with Crippen molar-refractivity contribution in [3.8, 4) is 0 Å². The van der Waals surface area contributed by atoms with Crippen LogP contribution < -0.4 is 5.32 Å². The number of para-hydroxylation sites is 2. The predicted octanol–water partition coefficient (Wildman–Crippen LogP) is 4.18. The fraction of sp³-hybridized carbons (Fsp3) is 0.391. The molecule has 0 radical (unpaired) electrons. The van der Waals surface area contributed by atoms with E-state index in [0.717, 1.165) is 49.2 Å². The molecule has 1 unspecified atom stereocenters. The number of nitrogens with zero attached hydrogens (tertiary/aromatic N) is 2. The predicted molar refractivity (Wildman–Crippen MR) is 110 cm³/mol. The normalized spacial score (nSPS) is 24.1. The SMILES string of the molecule is O=C(O)NC1C[C@H]2CC[C@@H](C1)N2Cc1ccc(Cc2nc3ccccc3o2)cc1. The van der Waals surface area contributed by atoms with Gasteiger partial charge in [-0.1, -0.05) is 36.4 Å². The first kappa shape index (κ1) is 18.2. The van der Waals surface area contributed by atoms with Gasteiger partial charge in [0.2, 0.25) is 0 Å². The molecule has 3 atom stereocenters. The van der Waals surface area contributed by atoms with Crippen molar-refractivity contribution in [2.45, 2.75) is 56.8 Å². The number of amides is 1. The first-order valence-electron chi connectivity index (χ1n) is 10.3. The van der Waals surface area contributed by atoms with Gasteiger partial charge in [-0.05, 0) is 48.9 Å². The molecular weight excluding hydrogens is 366 g/mol. The monoisotopic (exact) mass is 391 g/mol. The summed E-state index contributed by atoms with van der Waals surface area (Å²) in [6, 6.07) is 17.6. The standard InChI is InChI=1S/C23H25N3O3/c27-23(28)24-17-12-18-9-10-19(13-17)26(18)14-16-7-5-15(6-8-16)11-22-25-20-3-1-2-4-21(20)29-22/h1-8,17-19,24H,9-14H2,(H,27,28)/t17?,18-,19+. The zero-order chi connectivity index (χ0) is 19.8. The molecule has 2 saturated heterocycles. The molecule has 5 rings (SSSR count). The first-order valence-corrected chi connectivity index (χ1v) is 10.3. The third kappa shape index (κ3) is 3.85. The van der Waals surface area contributed by atoms with E-state index >= 15 is 0 Å². The van der Waals surface area contributed by atoms with Crippen molar-refractivity contribution in [3.05, 3.63) is 65.5 Å². The zero-order valence-electron chi connectivity index (χ0n) is 16.3. The van der Waals surface area contributed by atoms with Crippen LogP contribution in [0.4, 0.5) is 4.79 Å². The van der Waals surface area contributed by atoms with Crippen molar-refractivity contribution in [1.82, 2.24) is 15.2 Å². The number of rotatable bonds is 5. The number of carbonyl (C=O) groups is 1. The molecule has 0 saturated carbocycles. The molecule has 2 aliphatic heterocycles. The lowest BCUT2D eigenvalue weighted by atomic mass is 9.96. The van der Waals surface area contributed by atoms with Crippen LogP contribution in [-0.2, 0) is 13.0 Å². The Kier molecular flexibility index (Phi) is 4.72. The Morgan fingerprint density at radius 2 is 1.76 bits per heavy atom. The average molecular weight is 391 g/mol. The maximum atomic E-state index is 11.0. The van der Waals surface area contributed by atoms with E-state index < -0.39 is 6.09 Å². The van der Waals surface area contributed by atoms with Crippen LogP contribution >= 0.6 is 0 Å². The molecule has 6 heteroatoms. The molecule has 2 fully saturated rings. The summed E-state index contributed by atoms with van der Waals surface area (Å²) < 4.78 is 5.83. The fourth-order valence-electron chi connectivity index (χ4n) is 4.97. The second-order valence-corrected chi connectivity index (χ2v) is 8.24. The Balaban J connectivity index is 1.22. The highest BCUT2D eigenvalue weighted by Crippen LogP contribution is 2.36. The molecule has 150 valence electrons. The number of fused-ring (bicyclic) bond motifs is 3. The van der Waals surface area contributed by atoms with Crippen molar-refractivity contribution in [1.29, 1.82) is 0 Å². The number of hydrogen-bond donors (Lipinski definition) is 2. The van der Waals surface area contributed by atoms with Crippen LogP contribution in [0.1, 0.15) is 42.7 Å². The second kappa shape index (κ2) is 7.52. The van der Waals surface area contributed by atoms with Gasteiger partial charge in [-0.15, -0.1) is 0 Å². The molecule has 3 aromatic rings. The zero-order valence-corrected chi connectivity index (χ0v) is 16.3. The highest BCUT2D eigenvalue weighted by atomic mass is 16.4. The number of nitrogens with one attached hydrogen (secondary N) is 1. The third-order valence-electron chi connectivity index (χ3n) is 6.29. The summed E-state index contributed by atoms with van der Waals surface area (Å²) in [4.78, 5) is 18.1. The molecule has 1 amide bonds. The Morgan fingerprint density at radius 1 is 1.07 bits per heavy atom. The van der Waals surface area contributed by atoms with Gasteiger partial charge in [0.1, 0.15) is 5.52 Å². The largest absolute Gasteiger partial charge is 0.465 e. The van der Waals surface area contributed by atoms with Crippen LogP contribution in [0.25, 0.3) is 11.1 Å². The Morgan fingerprint density at radius 3 is 2.45 bits per heavy atom. The van der Waals surface area contributed by atoms with Crippen molar-refractivity contribution >= 4 is 17.2 Å². The fourth-order valence-corrected chi connectivity index (χ4v) is 4.97.